The van der Waals surface area contributed by atoms with Gasteiger partial charge >= 0.3 is 5.97 Å². The van der Waals surface area contributed by atoms with Crippen molar-refractivity contribution < 1.29 is 23.9 Å². The van der Waals surface area contributed by atoms with Gasteiger partial charge in [-0.3, -0.25) is 19.7 Å². The molecule has 0 aromatic heterocycles. The van der Waals surface area contributed by atoms with E-state index in [1.807, 2.05) is 42.5 Å². The van der Waals surface area contributed by atoms with Crippen molar-refractivity contribution in [2.75, 3.05) is 26.3 Å². The zero-order valence-corrected chi connectivity index (χ0v) is 19.5. The van der Waals surface area contributed by atoms with Gasteiger partial charge in [0.2, 0.25) is 11.8 Å². The topological polar surface area (TPSA) is 97.0 Å². The fourth-order valence-electron chi connectivity index (χ4n) is 4.12. The van der Waals surface area contributed by atoms with Crippen LogP contribution in [0.4, 0.5) is 0 Å². The van der Waals surface area contributed by atoms with Crippen LogP contribution >= 0.6 is 12.2 Å². The maximum Gasteiger partial charge on any atom is 0.308 e. The van der Waals surface area contributed by atoms with Crippen LogP contribution in [0, 0.1) is 0 Å². The fraction of sp³-hybridized carbons (Fsp3) is 0.360. The van der Waals surface area contributed by atoms with Gasteiger partial charge in [-0.25, -0.2) is 0 Å². The van der Waals surface area contributed by atoms with Crippen molar-refractivity contribution in [3.05, 3.63) is 54.1 Å². The summed E-state index contributed by atoms with van der Waals surface area (Å²) < 4.78 is 10.8. The number of rotatable bonds is 6. The molecule has 2 aliphatic rings. The number of fused-ring (bicyclic) bond motifs is 1. The molecule has 2 heterocycles. The zero-order valence-electron chi connectivity index (χ0n) is 18.7. The molecule has 178 valence electrons. The smallest absolute Gasteiger partial charge is 0.308 e. The van der Waals surface area contributed by atoms with Crippen LogP contribution in [0.1, 0.15) is 24.8 Å². The predicted molar refractivity (Wildman–Crippen MR) is 132 cm³/mol. The summed E-state index contributed by atoms with van der Waals surface area (Å²) >= 11 is 5.40. The Morgan fingerprint density at radius 2 is 2.06 bits per heavy atom. The third kappa shape index (κ3) is 5.98. The predicted octanol–water partition coefficient (Wildman–Crippen LogP) is 2.17. The van der Waals surface area contributed by atoms with E-state index in [4.69, 9.17) is 21.7 Å². The number of amides is 2. The highest BCUT2D eigenvalue weighted by Crippen LogP contribution is 2.19. The summed E-state index contributed by atoms with van der Waals surface area (Å²) in [6.07, 6.45) is 4.68. The molecule has 9 heteroatoms. The number of benzene rings is 2. The van der Waals surface area contributed by atoms with Crippen LogP contribution in [0.25, 0.3) is 16.8 Å². The molecule has 0 spiro atoms. The second-order valence-electron chi connectivity index (χ2n) is 8.22. The van der Waals surface area contributed by atoms with E-state index in [0.29, 0.717) is 19.7 Å². The number of hydrogen-bond donors (Lipinski definition) is 2. The minimum atomic E-state index is -0.847. The van der Waals surface area contributed by atoms with E-state index >= 15 is 0 Å². The first-order valence-electron chi connectivity index (χ1n) is 11.3. The molecule has 2 aromatic carbocycles. The summed E-state index contributed by atoms with van der Waals surface area (Å²) in [7, 11) is 0. The molecule has 0 saturated carbocycles. The van der Waals surface area contributed by atoms with E-state index < -0.39 is 17.9 Å². The van der Waals surface area contributed by atoms with Crippen LogP contribution in [0.3, 0.4) is 0 Å². The first-order chi connectivity index (χ1) is 16.5. The van der Waals surface area contributed by atoms with Gasteiger partial charge in [0, 0.05) is 25.8 Å². The minimum Gasteiger partial charge on any atom is -0.463 e. The molecule has 2 N–H and O–H groups in total. The molecular weight excluding hydrogens is 454 g/mol. The number of hydrogen-bond acceptors (Lipinski definition) is 6. The molecule has 8 nitrogen and oxygen atoms in total. The van der Waals surface area contributed by atoms with Gasteiger partial charge in [-0.1, -0.05) is 42.5 Å². The lowest BCUT2D eigenvalue weighted by Gasteiger charge is -2.36. The summed E-state index contributed by atoms with van der Waals surface area (Å²) in [6.45, 7) is 1.58. The minimum absolute atomic E-state index is 0.0888. The fourth-order valence-corrected chi connectivity index (χ4v) is 4.44. The molecule has 0 radical (unpaired) electrons. The van der Waals surface area contributed by atoms with Crippen molar-refractivity contribution >= 4 is 52.0 Å². The molecule has 34 heavy (non-hydrogen) atoms. The highest BCUT2D eigenvalue weighted by atomic mass is 32.1. The first-order valence-corrected chi connectivity index (χ1v) is 11.7. The molecule has 2 aromatic rings. The van der Waals surface area contributed by atoms with Crippen LogP contribution in [0.2, 0.25) is 0 Å². The molecule has 2 saturated heterocycles. The van der Waals surface area contributed by atoms with Gasteiger partial charge in [0.25, 0.3) is 0 Å². The molecule has 0 bridgehead atoms. The van der Waals surface area contributed by atoms with E-state index in [-0.39, 0.29) is 30.2 Å². The Morgan fingerprint density at radius 1 is 1.24 bits per heavy atom. The van der Waals surface area contributed by atoms with Gasteiger partial charge in [-0.05, 0) is 47.5 Å². The Labute approximate surface area is 203 Å². The van der Waals surface area contributed by atoms with E-state index in [2.05, 4.69) is 10.6 Å². The summed E-state index contributed by atoms with van der Waals surface area (Å²) in [5.74, 6) is -1.25. The Balaban J connectivity index is 1.35. The Bertz CT molecular complexity index is 1110. The van der Waals surface area contributed by atoms with Crippen molar-refractivity contribution in [3.8, 4) is 0 Å². The van der Waals surface area contributed by atoms with E-state index in [0.717, 1.165) is 29.2 Å². The van der Waals surface area contributed by atoms with Gasteiger partial charge in [-0.2, -0.15) is 0 Å². The van der Waals surface area contributed by atoms with E-state index in [9.17, 15) is 14.4 Å². The second kappa shape index (κ2) is 11.2. The molecule has 0 unspecified atom stereocenters. The molecule has 2 aliphatic heterocycles. The summed E-state index contributed by atoms with van der Waals surface area (Å²) in [6, 6.07) is 12.9. The number of nitrogens with one attached hydrogen (secondary N) is 2. The van der Waals surface area contributed by atoms with Crippen LogP contribution in [-0.2, 0) is 23.9 Å². The molecule has 2 atom stereocenters. The SMILES string of the molecule is O=C(/C=C/c1cccc2ccccc12)NC(=S)N1CCNC(=O)[C@@H]1CC(=O)OC[C@H]1CCCO1. The van der Waals surface area contributed by atoms with Crippen molar-refractivity contribution in [2.45, 2.75) is 31.4 Å². The third-order valence-corrected chi connectivity index (χ3v) is 6.21. The second-order valence-corrected chi connectivity index (χ2v) is 8.61. The summed E-state index contributed by atoms with van der Waals surface area (Å²) in [5.41, 5.74) is 0.906. The van der Waals surface area contributed by atoms with Crippen LogP contribution in [0.15, 0.2) is 48.5 Å². The van der Waals surface area contributed by atoms with Crippen LogP contribution in [-0.4, -0.2) is 66.2 Å². The van der Waals surface area contributed by atoms with E-state index in [1.54, 1.807) is 11.0 Å². The van der Waals surface area contributed by atoms with Crippen molar-refractivity contribution in [3.63, 3.8) is 0 Å². The van der Waals surface area contributed by atoms with Gasteiger partial charge in [-0.15, -0.1) is 0 Å². The van der Waals surface area contributed by atoms with Crippen LogP contribution < -0.4 is 10.6 Å². The molecule has 2 amide bonds. The molecule has 0 aliphatic carbocycles. The highest BCUT2D eigenvalue weighted by molar-refractivity contribution is 7.80. The van der Waals surface area contributed by atoms with Gasteiger partial charge in [0.1, 0.15) is 12.6 Å². The average Bonchev–Trinajstić information content (AvgIpc) is 3.36. The van der Waals surface area contributed by atoms with Crippen LogP contribution in [0.5, 0.6) is 0 Å². The van der Waals surface area contributed by atoms with E-state index in [1.165, 1.54) is 6.08 Å². The lowest BCUT2D eigenvalue weighted by Crippen LogP contribution is -2.60. The zero-order chi connectivity index (χ0) is 23.9. The number of nitrogens with zero attached hydrogens (tertiary/aromatic N) is 1. The summed E-state index contributed by atoms with van der Waals surface area (Å²) in [5, 5.41) is 7.59. The lowest BCUT2D eigenvalue weighted by molar-refractivity contribution is -0.150. The van der Waals surface area contributed by atoms with Gasteiger partial charge < -0.3 is 19.7 Å². The standard InChI is InChI=1S/C25H27N3O5S/c29-22(11-10-18-7-3-6-17-5-1-2-9-20(17)18)27-25(34)28-13-12-26-24(31)21(28)15-23(30)33-16-19-8-4-14-32-19/h1-3,5-7,9-11,19,21H,4,8,12-16H2,(H,26,31)(H,27,29,34)/b11-10+/t19-,21+/m1/s1. The monoisotopic (exact) mass is 481 g/mol. The van der Waals surface area contributed by atoms with Crippen molar-refractivity contribution in [1.82, 2.24) is 15.5 Å². The average molecular weight is 482 g/mol. The summed E-state index contributed by atoms with van der Waals surface area (Å²) in [4.78, 5) is 38.9. The normalized spacial score (nSPS) is 20.4. The number of carbonyl (C=O) groups is 3. The largest absolute Gasteiger partial charge is 0.463 e. The Kier molecular flexibility index (Phi) is 7.87. The number of thiocarbonyl (C=S) groups is 1. The Morgan fingerprint density at radius 3 is 2.88 bits per heavy atom. The number of esters is 1. The third-order valence-electron chi connectivity index (χ3n) is 5.87. The van der Waals surface area contributed by atoms with Crippen molar-refractivity contribution in [2.24, 2.45) is 0 Å². The number of piperazine rings is 1. The maximum absolute atomic E-state index is 12.5. The maximum atomic E-state index is 12.5. The van der Waals surface area contributed by atoms with Gasteiger partial charge in [0.15, 0.2) is 5.11 Å². The first kappa shape index (κ1) is 23.8. The van der Waals surface area contributed by atoms with Gasteiger partial charge in [0.05, 0.1) is 12.5 Å². The quantitative estimate of drug-likeness (QED) is 0.371. The molecule has 2 fully saturated rings. The lowest BCUT2D eigenvalue weighted by atomic mass is 10.0. The highest BCUT2D eigenvalue weighted by Gasteiger charge is 2.34. The van der Waals surface area contributed by atoms with Crippen molar-refractivity contribution in [1.29, 1.82) is 0 Å². The number of ether oxygens (including phenoxy) is 2. The molecular formula is C25H27N3O5S. The number of carbonyl (C=O) groups excluding carboxylic acids is 3. The Hall–Kier alpha value is -3.30. The molecule has 4 rings (SSSR count).